The fourth-order valence-electron chi connectivity index (χ4n) is 5.09. The van der Waals surface area contributed by atoms with E-state index >= 15 is 0 Å². The molecule has 0 saturated carbocycles. The molecule has 0 aliphatic carbocycles. The summed E-state index contributed by atoms with van der Waals surface area (Å²) in [5, 5.41) is 7.35. The van der Waals surface area contributed by atoms with Crippen LogP contribution in [0.5, 0.6) is 0 Å². The number of halogens is 1. The third-order valence-electron chi connectivity index (χ3n) is 7.35. The van der Waals surface area contributed by atoms with E-state index in [9.17, 15) is 9.59 Å². The molecular formula is C29H29ClN6O2S2. The molecular weight excluding hydrogens is 564 g/mol. The number of benzene rings is 2. The minimum atomic E-state index is -0.267. The Kier molecular flexibility index (Phi) is 7.45. The molecule has 11 heteroatoms. The van der Waals surface area contributed by atoms with Gasteiger partial charge in [-0.15, -0.1) is 22.7 Å². The maximum absolute atomic E-state index is 13.1. The Morgan fingerprint density at radius 2 is 1.30 bits per heavy atom. The van der Waals surface area contributed by atoms with Crippen molar-refractivity contribution >= 4 is 57.5 Å². The van der Waals surface area contributed by atoms with Crippen molar-refractivity contribution < 1.29 is 9.59 Å². The van der Waals surface area contributed by atoms with Gasteiger partial charge in [0.2, 0.25) is 0 Å². The maximum Gasteiger partial charge on any atom is 0.284 e. The number of anilines is 2. The monoisotopic (exact) mass is 592 g/mol. The molecule has 0 fully saturated rings. The maximum atomic E-state index is 13.1. The number of fused-ring (bicyclic) bond motifs is 2. The molecule has 0 bridgehead atoms. The SMILES string of the molecule is Cc1c(NC(=O)c2nc3c(s2)CN(C)CC3)cccc1-c1cccc(NC(=O)c2nc3c(s2)CN(C)CC3)c1Cl. The van der Waals surface area contributed by atoms with Gasteiger partial charge in [0.15, 0.2) is 10.0 Å². The topological polar surface area (TPSA) is 90.5 Å². The van der Waals surface area contributed by atoms with E-state index in [0.717, 1.165) is 76.9 Å². The first-order valence-corrected chi connectivity index (χ1v) is 15.1. The van der Waals surface area contributed by atoms with Gasteiger partial charge in [-0.25, -0.2) is 9.97 Å². The van der Waals surface area contributed by atoms with Crippen molar-refractivity contribution in [3.63, 3.8) is 0 Å². The van der Waals surface area contributed by atoms with Crippen LogP contribution in [-0.4, -0.2) is 58.8 Å². The molecule has 206 valence electrons. The van der Waals surface area contributed by atoms with E-state index in [1.807, 2.05) is 37.3 Å². The average molecular weight is 593 g/mol. The van der Waals surface area contributed by atoms with Crippen LogP contribution in [0.3, 0.4) is 0 Å². The Balaban J connectivity index is 1.22. The van der Waals surface area contributed by atoms with Gasteiger partial charge in [0.1, 0.15) is 0 Å². The van der Waals surface area contributed by atoms with Crippen LogP contribution in [0.15, 0.2) is 36.4 Å². The second kappa shape index (κ2) is 11.0. The zero-order valence-electron chi connectivity index (χ0n) is 22.5. The Labute approximate surface area is 246 Å². The third kappa shape index (κ3) is 5.29. The molecule has 2 N–H and O–H groups in total. The van der Waals surface area contributed by atoms with E-state index < -0.39 is 0 Å². The summed E-state index contributed by atoms with van der Waals surface area (Å²) >= 11 is 9.74. The molecule has 0 unspecified atom stereocenters. The van der Waals surface area contributed by atoms with Crippen LogP contribution < -0.4 is 10.6 Å². The van der Waals surface area contributed by atoms with Crippen molar-refractivity contribution in [2.75, 3.05) is 37.8 Å². The number of likely N-dealkylation sites (N-methyl/N-ethyl adjacent to an activating group) is 2. The summed E-state index contributed by atoms with van der Waals surface area (Å²) < 4.78 is 0. The summed E-state index contributed by atoms with van der Waals surface area (Å²) in [6.45, 7) is 5.47. The highest BCUT2D eigenvalue weighted by Crippen LogP contribution is 2.38. The zero-order chi connectivity index (χ0) is 28.0. The number of nitrogens with zero attached hydrogens (tertiary/aromatic N) is 4. The van der Waals surface area contributed by atoms with Gasteiger partial charge in [-0.2, -0.15) is 0 Å². The summed E-state index contributed by atoms with van der Waals surface area (Å²) in [5.41, 5.74) is 5.74. The summed E-state index contributed by atoms with van der Waals surface area (Å²) in [6.07, 6.45) is 1.71. The van der Waals surface area contributed by atoms with Crippen LogP contribution in [0.2, 0.25) is 5.02 Å². The lowest BCUT2D eigenvalue weighted by atomic mass is 9.98. The molecule has 0 saturated heterocycles. The van der Waals surface area contributed by atoms with Crippen molar-refractivity contribution in [2.45, 2.75) is 32.9 Å². The highest BCUT2D eigenvalue weighted by molar-refractivity contribution is 7.14. The first kappa shape index (κ1) is 27.0. The zero-order valence-corrected chi connectivity index (χ0v) is 24.9. The normalized spacial score (nSPS) is 15.4. The minimum absolute atomic E-state index is 0.216. The Hall–Kier alpha value is -3.15. The van der Waals surface area contributed by atoms with Crippen LogP contribution >= 0.6 is 34.3 Å². The quantitative estimate of drug-likeness (QED) is 0.309. The van der Waals surface area contributed by atoms with Crippen LogP contribution in [0.4, 0.5) is 11.4 Å². The van der Waals surface area contributed by atoms with Crippen LogP contribution in [0.1, 0.15) is 46.3 Å². The van der Waals surface area contributed by atoms with Gasteiger partial charge in [-0.1, -0.05) is 35.9 Å². The van der Waals surface area contributed by atoms with Crippen molar-refractivity contribution in [2.24, 2.45) is 0 Å². The van der Waals surface area contributed by atoms with E-state index in [2.05, 4.69) is 44.5 Å². The summed E-state index contributed by atoms with van der Waals surface area (Å²) in [6, 6.07) is 11.3. The highest BCUT2D eigenvalue weighted by atomic mass is 35.5. The van der Waals surface area contributed by atoms with Crippen LogP contribution in [-0.2, 0) is 25.9 Å². The standard InChI is InChI=1S/C29H29ClN6O2S2/c1-16-17(6-4-8-19(16)31-26(37)28-33-20-10-12-35(2)14-23(20)39-28)18-7-5-9-22(25(18)30)32-27(38)29-34-21-11-13-36(3)15-24(21)40-29/h4-9H,10-15H2,1-3H3,(H,31,37)(H,32,38). The number of rotatable bonds is 5. The van der Waals surface area contributed by atoms with Gasteiger partial charge < -0.3 is 20.4 Å². The number of carbonyl (C=O) groups is 2. The summed E-state index contributed by atoms with van der Waals surface area (Å²) in [4.78, 5) is 42.2. The first-order chi connectivity index (χ1) is 19.3. The van der Waals surface area contributed by atoms with E-state index in [-0.39, 0.29) is 11.8 Å². The molecule has 8 nitrogen and oxygen atoms in total. The van der Waals surface area contributed by atoms with Crippen molar-refractivity contribution in [3.05, 3.63) is 78.1 Å². The van der Waals surface area contributed by atoms with Gasteiger partial charge in [-0.3, -0.25) is 9.59 Å². The predicted molar refractivity (Wildman–Crippen MR) is 162 cm³/mol. The number of amides is 2. The number of hydrogen-bond acceptors (Lipinski definition) is 8. The van der Waals surface area contributed by atoms with E-state index in [0.29, 0.717) is 26.4 Å². The molecule has 2 aromatic carbocycles. The molecule has 4 aromatic rings. The van der Waals surface area contributed by atoms with Gasteiger partial charge in [0.25, 0.3) is 11.8 Å². The number of carbonyl (C=O) groups excluding carboxylic acids is 2. The largest absolute Gasteiger partial charge is 0.320 e. The fraction of sp³-hybridized carbons (Fsp3) is 0.310. The first-order valence-electron chi connectivity index (χ1n) is 13.1. The molecule has 2 amide bonds. The van der Waals surface area contributed by atoms with E-state index in [1.54, 1.807) is 6.07 Å². The van der Waals surface area contributed by atoms with E-state index in [4.69, 9.17) is 11.6 Å². The van der Waals surface area contributed by atoms with Gasteiger partial charge >= 0.3 is 0 Å². The van der Waals surface area contributed by atoms with Gasteiger partial charge in [0, 0.05) is 60.0 Å². The lowest BCUT2D eigenvalue weighted by molar-refractivity contribution is 0.101. The molecule has 2 aromatic heterocycles. The number of aromatic nitrogens is 2. The number of thiazole rings is 2. The van der Waals surface area contributed by atoms with Crippen molar-refractivity contribution in [1.29, 1.82) is 0 Å². The van der Waals surface area contributed by atoms with Crippen LogP contribution in [0, 0.1) is 6.92 Å². The lowest BCUT2D eigenvalue weighted by Gasteiger charge is -2.20. The summed E-state index contributed by atoms with van der Waals surface area (Å²) in [7, 11) is 4.15. The van der Waals surface area contributed by atoms with Gasteiger partial charge in [0.05, 0.1) is 22.1 Å². The fourth-order valence-corrected chi connectivity index (χ4v) is 7.53. The van der Waals surface area contributed by atoms with Crippen LogP contribution in [0.25, 0.3) is 11.1 Å². The minimum Gasteiger partial charge on any atom is -0.320 e. The number of hydrogen-bond donors (Lipinski definition) is 2. The molecule has 2 aliphatic rings. The number of nitrogens with one attached hydrogen (secondary N) is 2. The smallest absolute Gasteiger partial charge is 0.284 e. The Morgan fingerprint density at radius 3 is 1.88 bits per heavy atom. The molecule has 0 spiro atoms. The average Bonchev–Trinajstić information content (AvgIpc) is 3.55. The highest BCUT2D eigenvalue weighted by Gasteiger charge is 2.24. The summed E-state index contributed by atoms with van der Waals surface area (Å²) in [5.74, 6) is -0.483. The third-order valence-corrected chi connectivity index (χ3v) is 9.92. The Morgan fingerprint density at radius 1 is 0.800 bits per heavy atom. The predicted octanol–water partition coefficient (Wildman–Crippen LogP) is 5.71. The molecule has 6 rings (SSSR count). The molecule has 2 aliphatic heterocycles. The van der Waals surface area contributed by atoms with Crippen molar-refractivity contribution in [1.82, 2.24) is 19.8 Å². The second-order valence-corrected chi connectivity index (χ2v) is 12.9. The van der Waals surface area contributed by atoms with E-state index in [1.165, 1.54) is 22.7 Å². The molecule has 0 radical (unpaired) electrons. The van der Waals surface area contributed by atoms with Gasteiger partial charge in [-0.05, 0) is 44.3 Å². The molecule has 4 heterocycles. The lowest BCUT2D eigenvalue weighted by Crippen LogP contribution is -2.25. The molecule has 0 atom stereocenters. The van der Waals surface area contributed by atoms with Crippen molar-refractivity contribution in [3.8, 4) is 11.1 Å². The Bertz CT molecular complexity index is 1510. The molecule has 40 heavy (non-hydrogen) atoms. The second-order valence-electron chi connectivity index (χ2n) is 10.3.